The summed E-state index contributed by atoms with van der Waals surface area (Å²) in [6.45, 7) is 2.16. The summed E-state index contributed by atoms with van der Waals surface area (Å²) in [5.41, 5.74) is 2.83. The average molecular weight is 492 g/mol. The van der Waals surface area contributed by atoms with E-state index in [-0.39, 0.29) is 0 Å². The molecule has 0 aliphatic carbocycles. The highest BCUT2D eigenvalue weighted by molar-refractivity contribution is 6.36. The molecule has 3 aromatic rings. The molecule has 0 saturated heterocycles. The van der Waals surface area contributed by atoms with E-state index in [1.807, 2.05) is 22.5 Å². The van der Waals surface area contributed by atoms with Crippen molar-refractivity contribution in [1.82, 2.24) is 14.9 Å². The summed E-state index contributed by atoms with van der Waals surface area (Å²) in [5.74, 6) is 0.658. The Hall–Kier alpha value is -1.67. The van der Waals surface area contributed by atoms with Crippen LogP contribution in [0.4, 0.5) is 24.8 Å². The number of nitrogens with one attached hydrogen (secondary N) is 1. The number of benzene rings is 2. The van der Waals surface area contributed by atoms with E-state index < -0.39 is 18.8 Å². The van der Waals surface area contributed by atoms with Gasteiger partial charge < -0.3 is 14.8 Å². The molecule has 166 valence electrons. The molecule has 1 aromatic heterocycles. The zero-order valence-corrected chi connectivity index (χ0v) is 18.9. The van der Waals surface area contributed by atoms with Gasteiger partial charge in [0.05, 0.1) is 27.8 Å². The maximum absolute atomic E-state index is 12.8. The number of nitrogens with zero attached hydrogens (tertiary/aromatic N) is 3. The molecule has 4 rings (SSSR count). The molecule has 1 aliphatic rings. The number of aryl methyl sites for hydroxylation is 1. The minimum atomic E-state index is -4.29. The molecule has 1 N–H and O–H groups in total. The number of anilines is 2. The molecule has 1 atom stereocenters. The van der Waals surface area contributed by atoms with Crippen molar-refractivity contribution in [3.8, 4) is 0 Å². The highest BCUT2D eigenvalue weighted by Crippen LogP contribution is 2.40. The molecule has 0 radical (unpaired) electrons. The van der Waals surface area contributed by atoms with Gasteiger partial charge in [0.25, 0.3) is 0 Å². The topological polar surface area (TPSA) is 33.1 Å². The lowest BCUT2D eigenvalue weighted by Gasteiger charge is -2.30. The molecular formula is C21H20Cl3F3N4. The molecular weight excluding hydrogens is 472 g/mol. The van der Waals surface area contributed by atoms with Crippen LogP contribution in [-0.2, 0) is 6.54 Å². The van der Waals surface area contributed by atoms with Crippen molar-refractivity contribution >= 4 is 57.5 Å². The van der Waals surface area contributed by atoms with Gasteiger partial charge in [-0.3, -0.25) is 0 Å². The van der Waals surface area contributed by atoms with E-state index in [0.717, 1.165) is 23.2 Å². The Bertz CT molecular complexity index is 1110. The van der Waals surface area contributed by atoms with Crippen LogP contribution in [0.5, 0.6) is 0 Å². The van der Waals surface area contributed by atoms with Crippen LogP contribution >= 0.6 is 34.8 Å². The van der Waals surface area contributed by atoms with Crippen LogP contribution in [0, 0.1) is 0 Å². The fourth-order valence-corrected chi connectivity index (χ4v) is 4.75. The van der Waals surface area contributed by atoms with Crippen LogP contribution in [0.1, 0.15) is 31.4 Å². The number of rotatable bonds is 5. The normalized spacial score (nSPS) is 15.4. The Morgan fingerprint density at radius 2 is 1.87 bits per heavy atom. The number of halogens is 6. The molecule has 0 amide bonds. The smallest absolute Gasteiger partial charge is 0.310 e. The summed E-state index contributed by atoms with van der Waals surface area (Å²) in [7, 11) is 0. The van der Waals surface area contributed by atoms with Crippen LogP contribution in [0.3, 0.4) is 0 Å². The second-order valence-electron chi connectivity index (χ2n) is 7.46. The first-order valence-electron chi connectivity index (χ1n) is 9.91. The summed E-state index contributed by atoms with van der Waals surface area (Å²) in [6, 6.07) is 8.25. The third-order valence-corrected chi connectivity index (χ3v) is 6.24. The molecule has 1 unspecified atom stereocenters. The molecule has 2 heterocycles. The lowest BCUT2D eigenvalue weighted by atomic mass is 10.0. The summed E-state index contributed by atoms with van der Waals surface area (Å²) >= 11 is 18.9. The zero-order chi connectivity index (χ0) is 22.3. The monoisotopic (exact) mass is 490 g/mol. The fraction of sp³-hybridized carbons (Fsp3) is 0.381. The van der Waals surface area contributed by atoms with E-state index in [9.17, 15) is 13.2 Å². The fourth-order valence-electron chi connectivity index (χ4n) is 4.05. The van der Waals surface area contributed by atoms with Crippen LogP contribution in [0.2, 0.25) is 15.1 Å². The van der Waals surface area contributed by atoms with Gasteiger partial charge in [-0.25, -0.2) is 4.98 Å². The van der Waals surface area contributed by atoms with E-state index in [1.165, 1.54) is 0 Å². The summed E-state index contributed by atoms with van der Waals surface area (Å²) in [5, 5.41) is 4.12. The number of aromatic nitrogens is 2. The molecule has 0 saturated carbocycles. The molecule has 1 aliphatic heterocycles. The van der Waals surface area contributed by atoms with Crippen molar-refractivity contribution in [3.63, 3.8) is 0 Å². The first-order chi connectivity index (χ1) is 14.7. The Labute approximate surface area is 192 Å². The van der Waals surface area contributed by atoms with Crippen molar-refractivity contribution in [2.24, 2.45) is 0 Å². The third kappa shape index (κ3) is 4.46. The molecule has 0 spiro atoms. The highest BCUT2D eigenvalue weighted by atomic mass is 35.5. The van der Waals surface area contributed by atoms with E-state index in [4.69, 9.17) is 39.8 Å². The van der Waals surface area contributed by atoms with Gasteiger partial charge in [-0.15, -0.1) is 0 Å². The number of hydrogen-bond donors (Lipinski definition) is 1. The van der Waals surface area contributed by atoms with Gasteiger partial charge in [0.1, 0.15) is 5.52 Å². The number of fused-ring (bicyclic) bond motifs is 3. The summed E-state index contributed by atoms with van der Waals surface area (Å²) in [6.07, 6.45) is -2.99. The van der Waals surface area contributed by atoms with Crippen LogP contribution in [0.15, 0.2) is 30.3 Å². The van der Waals surface area contributed by atoms with Gasteiger partial charge in [-0.1, -0.05) is 47.8 Å². The van der Waals surface area contributed by atoms with Gasteiger partial charge in [-0.2, -0.15) is 13.2 Å². The molecule has 4 nitrogen and oxygen atoms in total. The Morgan fingerprint density at radius 3 is 2.55 bits per heavy atom. The largest absolute Gasteiger partial charge is 0.401 e. The lowest BCUT2D eigenvalue weighted by Crippen LogP contribution is -2.32. The first kappa shape index (κ1) is 22.5. The molecule has 10 heteroatoms. The summed E-state index contributed by atoms with van der Waals surface area (Å²) < 4.78 is 40.5. The van der Waals surface area contributed by atoms with Gasteiger partial charge in [0.15, 0.2) is 0 Å². The predicted molar refractivity (Wildman–Crippen MR) is 120 cm³/mol. The minimum Gasteiger partial charge on any atom is -0.310 e. The predicted octanol–water partition coefficient (Wildman–Crippen LogP) is 7.14. The maximum Gasteiger partial charge on any atom is 0.401 e. The second kappa shape index (κ2) is 8.70. The SMILES string of the molecule is CCC(NCC(F)(F)F)c1ccc(Cl)c2nc3n(c12)CCCN3c1ccc(Cl)cc1Cl. The minimum absolute atomic E-state index is 0.452. The van der Waals surface area contributed by atoms with Gasteiger partial charge >= 0.3 is 6.18 Å². The number of imidazole rings is 1. The van der Waals surface area contributed by atoms with E-state index in [0.29, 0.717) is 46.0 Å². The Balaban J connectivity index is 1.84. The second-order valence-corrected chi connectivity index (χ2v) is 8.71. The quantitative estimate of drug-likeness (QED) is 0.412. The number of hydrogen-bond acceptors (Lipinski definition) is 3. The third-order valence-electron chi connectivity index (χ3n) is 5.39. The highest BCUT2D eigenvalue weighted by Gasteiger charge is 2.31. The zero-order valence-electron chi connectivity index (χ0n) is 16.6. The van der Waals surface area contributed by atoms with E-state index >= 15 is 0 Å². The van der Waals surface area contributed by atoms with Crippen molar-refractivity contribution in [3.05, 3.63) is 51.0 Å². The Kier molecular flexibility index (Phi) is 6.32. The van der Waals surface area contributed by atoms with Crippen molar-refractivity contribution in [1.29, 1.82) is 0 Å². The molecule has 0 fully saturated rings. The number of alkyl halides is 3. The van der Waals surface area contributed by atoms with Crippen LogP contribution < -0.4 is 10.2 Å². The standard InChI is InChI=1S/C21H20Cl3F3N4/c1-2-16(28-11-21(25,26)27)13-5-6-14(23)18-19(13)31-9-3-8-30(20(31)29-18)17-7-4-12(22)10-15(17)24/h4-7,10,16,28H,2-3,8-9,11H2,1H3. The molecule has 31 heavy (non-hydrogen) atoms. The van der Waals surface area contributed by atoms with Gasteiger partial charge in [0, 0.05) is 24.2 Å². The maximum atomic E-state index is 12.8. The van der Waals surface area contributed by atoms with Crippen LogP contribution in [0.25, 0.3) is 11.0 Å². The average Bonchev–Trinajstić information content (AvgIpc) is 3.10. The Morgan fingerprint density at radius 1 is 1.10 bits per heavy atom. The van der Waals surface area contributed by atoms with Crippen molar-refractivity contribution in [2.75, 3.05) is 18.0 Å². The first-order valence-corrected chi connectivity index (χ1v) is 11.0. The summed E-state index contributed by atoms with van der Waals surface area (Å²) in [4.78, 5) is 6.77. The van der Waals surface area contributed by atoms with E-state index in [2.05, 4.69) is 5.32 Å². The lowest BCUT2D eigenvalue weighted by molar-refractivity contribution is -0.126. The van der Waals surface area contributed by atoms with Gasteiger partial charge in [-0.05, 0) is 42.7 Å². The molecule has 0 bridgehead atoms. The van der Waals surface area contributed by atoms with Gasteiger partial charge in [0.2, 0.25) is 5.95 Å². The van der Waals surface area contributed by atoms with Crippen LogP contribution in [-0.4, -0.2) is 28.8 Å². The molecule has 2 aromatic carbocycles. The van der Waals surface area contributed by atoms with E-state index in [1.54, 1.807) is 24.3 Å². The van der Waals surface area contributed by atoms with Crippen molar-refractivity contribution in [2.45, 2.75) is 38.5 Å². The van der Waals surface area contributed by atoms with Crippen molar-refractivity contribution < 1.29 is 13.2 Å².